The Morgan fingerprint density at radius 2 is 2.09 bits per heavy atom. The molecule has 0 spiro atoms. The van der Waals surface area contributed by atoms with Gasteiger partial charge in [-0.3, -0.25) is 4.57 Å². The van der Waals surface area contributed by atoms with Gasteiger partial charge < -0.3 is 15.3 Å². The number of nitrogens with one attached hydrogen (secondary N) is 2. The lowest BCUT2D eigenvalue weighted by atomic mass is 10.1. The van der Waals surface area contributed by atoms with E-state index in [0.717, 1.165) is 24.2 Å². The topological polar surface area (TPSA) is 125 Å². The van der Waals surface area contributed by atoms with Crippen LogP contribution in [-0.2, 0) is 10.0 Å². The zero-order valence-corrected chi connectivity index (χ0v) is 20.2. The highest BCUT2D eigenvalue weighted by Crippen LogP contribution is 2.38. The highest BCUT2D eigenvalue weighted by molar-refractivity contribution is 7.89. The van der Waals surface area contributed by atoms with E-state index in [2.05, 4.69) is 25.2 Å². The van der Waals surface area contributed by atoms with Crippen molar-refractivity contribution in [1.29, 1.82) is 0 Å². The predicted molar refractivity (Wildman–Crippen MR) is 123 cm³/mol. The molecule has 1 aromatic carbocycles. The maximum absolute atomic E-state index is 13.3. The fraction of sp³-hybridized carbons (Fsp3) is 0.550. The minimum absolute atomic E-state index is 0.0450. The number of hydrogen-bond donors (Lipinski definition) is 3. The normalized spacial score (nSPS) is 22.6. The van der Waals surface area contributed by atoms with Gasteiger partial charge in [-0.1, -0.05) is 11.3 Å². The van der Waals surface area contributed by atoms with E-state index in [9.17, 15) is 22.3 Å². The van der Waals surface area contributed by atoms with Gasteiger partial charge in [-0.2, -0.15) is 0 Å². The number of aliphatic hydroxyl groups is 1. The molecular formula is C20H25F2N7O3S2. The minimum Gasteiger partial charge on any atom is -0.395 e. The van der Waals surface area contributed by atoms with Crippen molar-refractivity contribution in [3.8, 4) is 5.13 Å². The highest BCUT2D eigenvalue weighted by atomic mass is 32.2. The summed E-state index contributed by atoms with van der Waals surface area (Å²) in [6, 6.07) is 2.92. The average Bonchev–Trinajstić information content (AvgIpc) is 3.18. The van der Waals surface area contributed by atoms with Crippen LogP contribution in [-0.4, -0.2) is 70.6 Å². The Bertz CT molecular complexity index is 1320. The van der Waals surface area contributed by atoms with Crippen LogP contribution in [0.3, 0.4) is 0 Å². The maximum atomic E-state index is 13.3. The molecule has 184 valence electrons. The van der Waals surface area contributed by atoms with E-state index < -0.39 is 27.0 Å². The van der Waals surface area contributed by atoms with E-state index in [1.54, 1.807) is 6.07 Å². The molecule has 2 atom stereocenters. The van der Waals surface area contributed by atoms with Crippen LogP contribution in [0.15, 0.2) is 23.4 Å². The first-order valence-electron chi connectivity index (χ1n) is 10.9. The van der Waals surface area contributed by atoms with Gasteiger partial charge in [0.15, 0.2) is 5.01 Å². The van der Waals surface area contributed by atoms with Crippen LogP contribution >= 0.6 is 11.3 Å². The number of hydrogen-bond acceptors (Lipinski definition) is 9. The summed E-state index contributed by atoms with van der Waals surface area (Å²) in [5, 5.41) is 20.2. The molecule has 2 aliphatic rings. The molecule has 10 nitrogen and oxygen atoms in total. The molecule has 3 heterocycles. The van der Waals surface area contributed by atoms with Crippen molar-refractivity contribution in [3.05, 3.63) is 23.5 Å². The van der Waals surface area contributed by atoms with Gasteiger partial charge in [0.25, 0.3) is 6.43 Å². The van der Waals surface area contributed by atoms with Crippen LogP contribution in [0.1, 0.15) is 38.1 Å². The maximum Gasteiger partial charge on any atom is 0.291 e. The lowest BCUT2D eigenvalue weighted by Gasteiger charge is -2.38. The fourth-order valence-corrected chi connectivity index (χ4v) is 6.38. The number of halogens is 2. The summed E-state index contributed by atoms with van der Waals surface area (Å²) in [6.07, 6.45) is 0.196. The number of alkyl halides is 2. The van der Waals surface area contributed by atoms with Gasteiger partial charge in [-0.05, 0) is 38.8 Å². The quantitative estimate of drug-likeness (QED) is 0.437. The van der Waals surface area contributed by atoms with E-state index >= 15 is 0 Å². The molecule has 1 aliphatic heterocycles. The van der Waals surface area contributed by atoms with Gasteiger partial charge in [-0.25, -0.2) is 26.9 Å². The van der Waals surface area contributed by atoms with Crippen molar-refractivity contribution in [1.82, 2.24) is 29.8 Å². The van der Waals surface area contributed by atoms with E-state index in [1.165, 1.54) is 17.0 Å². The number of piperazine rings is 1. The summed E-state index contributed by atoms with van der Waals surface area (Å²) in [5.41, 5.74) is 1.05. The van der Waals surface area contributed by atoms with Gasteiger partial charge in [0, 0.05) is 30.7 Å². The number of nitrogens with zero attached hydrogens (tertiary/aromatic N) is 5. The number of anilines is 1. The Labute approximate surface area is 199 Å². The molecular weight excluding hydrogens is 488 g/mol. The smallest absolute Gasteiger partial charge is 0.291 e. The summed E-state index contributed by atoms with van der Waals surface area (Å²) in [6.45, 7) is 4.78. The standard InChI is InChI=1S/C20H25F2N7O3S2/c1-11-7-28(8-12(9-30)24-11)14-5-13(34(31,32)27-20(2)3-4-20)6-15-16(14)23-10-29(15)19-26-25-18(33-19)17(21)22/h5-6,10-12,17,24,27,30H,3-4,7-9H2,1-2H3/t11-,12+/m1/s1. The van der Waals surface area contributed by atoms with Gasteiger partial charge in [0.2, 0.25) is 15.2 Å². The molecule has 3 N–H and O–H groups in total. The molecule has 1 saturated carbocycles. The van der Waals surface area contributed by atoms with Crippen LogP contribution in [0.2, 0.25) is 0 Å². The third kappa shape index (κ3) is 4.40. The van der Waals surface area contributed by atoms with Crippen molar-refractivity contribution in [2.75, 3.05) is 24.6 Å². The molecule has 34 heavy (non-hydrogen) atoms. The molecule has 0 bridgehead atoms. The average molecular weight is 514 g/mol. The van der Waals surface area contributed by atoms with Crippen molar-refractivity contribution < 1.29 is 22.3 Å². The number of rotatable bonds is 7. The first kappa shape index (κ1) is 23.5. The third-order valence-electron chi connectivity index (χ3n) is 6.14. The van der Waals surface area contributed by atoms with Crippen LogP contribution in [0, 0.1) is 0 Å². The van der Waals surface area contributed by atoms with Crippen molar-refractivity contribution in [3.63, 3.8) is 0 Å². The van der Waals surface area contributed by atoms with Crippen LogP contribution in [0.5, 0.6) is 0 Å². The van der Waals surface area contributed by atoms with E-state index in [4.69, 9.17) is 0 Å². The van der Waals surface area contributed by atoms with Crippen molar-refractivity contribution in [2.24, 2.45) is 0 Å². The Kier molecular flexibility index (Phi) is 5.83. The number of fused-ring (bicyclic) bond motifs is 1. The summed E-state index contributed by atoms with van der Waals surface area (Å²) >= 11 is 0.722. The van der Waals surface area contributed by atoms with Gasteiger partial charge in [0.1, 0.15) is 11.8 Å². The van der Waals surface area contributed by atoms with Crippen molar-refractivity contribution in [2.45, 2.75) is 55.6 Å². The summed E-state index contributed by atoms with van der Waals surface area (Å²) < 4.78 is 57.0. The number of aromatic nitrogens is 4. The monoisotopic (exact) mass is 513 g/mol. The molecule has 0 radical (unpaired) electrons. The Balaban J connectivity index is 1.66. The van der Waals surface area contributed by atoms with Gasteiger partial charge >= 0.3 is 0 Å². The molecule has 0 unspecified atom stereocenters. The zero-order valence-electron chi connectivity index (χ0n) is 18.6. The van der Waals surface area contributed by atoms with Crippen LogP contribution in [0.25, 0.3) is 16.2 Å². The van der Waals surface area contributed by atoms with Crippen molar-refractivity contribution >= 4 is 38.1 Å². The zero-order chi connectivity index (χ0) is 24.3. The third-order valence-corrected chi connectivity index (χ3v) is 8.68. The molecule has 1 aliphatic carbocycles. The summed E-state index contributed by atoms with van der Waals surface area (Å²) in [7, 11) is -3.86. The summed E-state index contributed by atoms with van der Waals surface area (Å²) in [4.78, 5) is 6.53. The molecule has 14 heteroatoms. The molecule has 5 rings (SSSR count). The second kappa shape index (κ2) is 8.45. The van der Waals surface area contributed by atoms with E-state index in [-0.39, 0.29) is 28.7 Å². The Morgan fingerprint density at radius 1 is 1.32 bits per heavy atom. The predicted octanol–water partition coefficient (Wildman–Crippen LogP) is 1.80. The van der Waals surface area contributed by atoms with Crippen LogP contribution in [0.4, 0.5) is 14.5 Å². The fourth-order valence-electron chi connectivity index (χ4n) is 4.19. The summed E-state index contributed by atoms with van der Waals surface area (Å²) in [5.74, 6) is 0. The lowest BCUT2D eigenvalue weighted by Crippen LogP contribution is -2.57. The number of sulfonamides is 1. The number of imidazole rings is 1. The first-order valence-corrected chi connectivity index (χ1v) is 13.2. The van der Waals surface area contributed by atoms with Gasteiger partial charge in [-0.15, -0.1) is 10.2 Å². The Morgan fingerprint density at radius 3 is 2.74 bits per heavy atom. The minimum atomic E-state index is -3.86. The first-order chi connectivity index (χ1) is 16.1. The molecule has 3 aromatic rings. The molecule has 2 aromatic heterocycles. The highest BCUT2D eigenvalue weighted by Gasteiger charge is 2.41. The van der Waals surface area contributed by atoms with E-state index in [0.29, 0.717) is 29.8 Å². The lowest BCUT2D eigenvalue weighted by molar-refractivity contribution is 0.150. The largest absolute Gasteiger partial charge is 0.395 e. The molecule has 0 amide bonds. The Hall–Kier alpha value is -2.26. The van der Waals surface area contributed by atoms with Crippen LogP contribution < -0.4 is 14.9 Å². The second-order valence-corrected chi connectivity index (χ2v) is 11.8. The van der Waals surface area contributed by atoms with E-state index in [1.807, 2.05) is 18.7 Å². The number of benzene rings is 1. The molecule has 2 fully saturated rings. The number of aliphatic hydroxyl groups excluding tert-OH is 1. The SMILES string of the molecule is C[C@@H]1CN(c2cc(S(=O)(=O)NC3(C)CC3)cc3c2ncn3-c2nnc(C(F)F)s2)C[C@@H](CO)N1. The molecule has 1 saturated heterocycles. The second-order valence-electron chi connectivity index (χ2n) is 9.17. The van der Waals surface area contributed by atoms with Gasteiger partial charge in [0.05, 0.1) is 22.7 Å².